The van der Waals surface area contributed by atoms with Gasteiger partial charge in [0.05, 0.1) is 11.0 Å². The van der Waals surface area contributed by atoms with Gasteiger partial charge < -0.3 is 4.57 Å². The molecule has 0 aliphatic heterocycles. The van der Waals surface area contributed by atoms with Crippen LogP contribution in [-0.4, -0.2) is 24.7 Å². The first-order valence-corrected chi connectivity index (χ1v) is 5.49. The molecule has 6 heteroatoms. The molecule has 2 aromatic heterocycles. The zero-order valence-corrected chi connectivity index (χ0v) is 9.90. The van der Waals surface area contributed by atoms with Gasteiger partial charge in [-0.15, -0.1) is 0 Å². The summed E-state index contributed by atoms with van der Waals surface area (Å²) in [5, 5.41) is 6.98. The van der Waals surface area contributed by atoms with Gasteiger partial charge in [0.2, 0.25) is 0 Å². The van der Waals surface area contributed by atoms with E-state index in [-0.39, 0.29) is 0 Å². The molecule has 84 valence electrons. The maximum atomic E-state index is 5.11. The average molecular weight is 243 g/mol. The topological polar surface area (TPSA) is 59.4 Å². The monoisotopic (exact) mass is 243 g/mol. The number of nitrogens with zero attached hydrogens (tertiary/aromatic N) is 4. The summed E-state index contributed by atoms with van der Waals surface area (Å²) in [5.74, 6) is 0.765. The molecule has 0 radical (unpaired) electrons. The van der Waals surface area contributed by atoms with Gasteiger partial charge in [-0.3, -0.25) is 15.1 Å². The fourth-order valence-corrected chi connectivity index (χ4v) is 1.89. The number of nitrogens with one attached hydrogen (secondary N) is 1. The van der Waals surface area contributed by atoms with Crippen molar-refractivity contribution in [2.45, 2.75) is 0 Å². The van der Waals surface area contributed by atoms with Crippen LogP contribution in [0.4, 0.5) is 0 Å². The molecule has 0 spiro atoms. The molecule has 0 bridgehead atoms. The lowest BCUT2D eigenvalue weighted by atomic mass is 10.1. The minimum atomic E-state index is 0.584. The van der Waals surface area contributed by atoms with Gasteiger partial charge in [-0.05, 0) is 24.4 Å². The zero-order valence-electron chi connectivity index (χ0n) is 9.08. The summed E-state index contributed by atoms with van der Waals surface area (Å²) in [6, 6.07) is 5.82. The highest BCUT2D eigenvalue weighted by atomic mass is 32.1. The van der Waals surface area contributed by atoms with E-state index in [2.05, 4.69) is 20.2 Å². The van der Waals surface area contributed by atoms with Crippen LogP contribution in [0.5, 0.6) is 0 Å². The van der Waals surface area contributed by atoms with E-state index < -0.39 is 0 Å². The van der Waals surface area contributed by atoms with Crippen molar-refractivity contribution in [3.05, 3.63) is 35.4 Å². The first-order valence-electron chi connectivity index (χ1n) is 5.09. The number of aromatic amines is 1. The summed E-state index contributed by atoms with van der Waals surface area (Å²) in [6.07, 6.45) is 3.35. The lowest BCUT2D eigenvalue weighted by molar-refractivity contribution is 0.902. The smallest absolute Gasteiger partial charge is 0.195 e. The number of hydrogen-bond donors (Lipinski definition) is 1. The SMILES string of the molecule is Cn1c(-c2cccc3nccnc23)n[nH]c1=S. The normalized spacial score (nSPS) is 10.9. The Kier molecular flexibility index (Phi) is 2.22. The Hall–Kier alpha value is -2.08. The van der Waals surface area contributed by atoms with Gasteiger partial charge in [-0.25, -0.2) is 0 Å². The van der Waals surface area contributed by atoms with Crippen LogP contribution in [0.25, 0.3) is 22.4 Å². The molecule has 0 aliphatic rings. The second-order valence-corrected chi connectivity index (χ2v) is 4.03. The number of benzene rings is 1. The van der Waals surface area contributed by atoms with Gasteiger partial charge in [0.15, 0.2) is 10.6 Å². The summed E-state index contributed by atoms with van der Waals surface area (Å²) < 4.78 is 2.40. The number of para-hydroxylation sites is 1. The molecule has 0 unspecified atom stereocenters. The highest BCUT2D eigenvalue weighted by molar-refractivity contribution is 7.71. The molecule has 0 saturated heterocycles. The van der Waals surface area contributed by atoms with Crippen LogP contribution >= 0.6 is 12.2 Å². The number of H-pyrrole nitrogens is 1. The predicted molar refractivity (Wildman–Crippen MR) is 66.9 cm³/mol. The maximum absolute atomic E-state index is 5.11. The number of hydrogen-bond acceptors (Lipinski definition) is 4. The number of rotatable bonds is 1. The van der Waals surface area contributed by atoms with Gasteiger partial charge in [0.25, 0.3) is 0 Å². The highest BCUT2D eigenvalue weighted by Crippen LogP contribution is 2.23. The Morgan fingerprint density at radius 3 is 2.82 bits per heavy atom. The summed E-state index contributed by atoms with van der Waals surface area (Å²) >= 11 is 5.11. The Morgan fingerprint density at radius 2 is 2.06 bits per heavy atom. The van der Waals surface area contributed by atoms with Crippen molar-refractivity contribution in [1.82, 2.24) is 24.7 Å². The molecular weight excluding hydrogens is 234 g/mol. The van der Waals surface area contributed by atoms with Gasteiger partial charge in [-0.2, -0.15) is 5.10 Å². The number of aromatic nitrogens is 5. The van der Waals surface area contributed by atoms with E-state index in [0.29, 0.717) is 4.77 Å². The second-order valence-electron chi connectivity index (χ2n) is 3.64. The Labute approximate surface area is 102 Å². The quantitative estimate of drug-likeness (QED) is 0.665. The third-order valence-corrected chi connectivity index (χ3v) is 2.98. The molecule has 0 aliphatic carbocycles. The van der Waals surface area contributed by atoms with Gasteiger partial charge in [0.1, 0.15) is 0 Å². The van der Waals surface area contributed by atoms with Crippen molar-refractivity contribution in [3.63, 3.8) is 0 Å². The average Bonchev–Trinajstić information content (AvgIpc) is 2.69. The van der Waals surface area contributed by atoms with Crippen LogP contribution in [0.15, 0.2) is 30.6 Å². The standard InChI is InChI=1S/C11H9N5S/c1-16-10(14-15-11(16)17)7-3-2-4-8-9(7)13-6-5-12-8/h2-6H,1H3,(H,15,17). The summed E-state index contributed by atoms with van der Waals surface area (Å²) in [6.45, 7) is 0. The minimum Gasteiger partial charge on any atom is -0.303 e. The van der Waals surface area contributed by atoms with Crippen molar-refractivity contribution in [3.8, 4) is 11.4 Å². The molecule has 0 fully saturated rings. The summed E-state index contributed by atoms with van der Waals surface area (Å²) in [4.78, 5) is 8.61. The van der Waals surface area contributed by atoms with Gasteiger partial charge in [-0.1, -0.05) is 6.07 Å². The fraction of sp³-hybridized carbons (Fsp3) is 0.0909. The van der Waals surface area contributed by atoms with Crippen molar-refractivity contribution in [2.75, 3.05) is 0 Å². The Bertz CT molecular complexity index is 737. The van der Waals surface area contributed by atoms with Crippen LogP contribution in [-0.2, 0) is 7.05 Å². The molecule has 3 rings (SSSR count). The van der Waals surface area contributed by atoms with Crippen LogP contribution in [0.1, 0.15) is 0 Å². The van der Waals surface area contributed by atoms with Crippen LogP contribution in [0.2, 0.25) is 0 Å². The molecule has 5 nitrogen and oxygen atoms in total. The fourth-order valence-electron chi connectivity index (χ4n) is 1.76. The molecule has 17 heavy (non-hydrogen) atoms. The van der Waals surface area contributed by atoms with Crippen molar-refractivity contribution in [1.29, 1.82) is 0 Å². The lowest BCUT2D eigenvalue weighted by Gasteiger charge is -2.03. The molecule has 3 aromatic rings. The number of fused-ring (bicyclic) bond motifs is 1. The van der Waals surface area contributed by atoms with Gasteiger partial charge in [0, 0.05) is 25.0 Å². The third-order valence-electron chi connectivity index (χ3n) is 2.62. The minimum absolute atomic E-state index is 0.584. The third kappa shape index (κ3) is 1.53. The zero-order chi connectivity index (χ0) is 11.8. The Morgan fingerprint density at radius 1 is 1.24 bits per heavy atom. The molecule has 1 N–H and O–H groups in total. The van der Waals surface area contributed by atoms with E-state index >= 15 is 0 Å². The van der Waals surface area contributed by atoms with Gasteiger partial charge >= 0.3 is 0 Å². The lowest BCUT2D eigenvalue weighted by Crippen LogP contribution is -1.95. The van der Waals surface area contributed by atoms with E-state index in [0.717, 1.165) is 22.4 Å². The molecule has 2 heterocycles. The van der Waals surface area contributed by atoms with Crippen molar-refractivity contribution >= 4 is 23.3 Å². The van der Waals surface area contributed by atoms with E-state index in [1.54, 1.807) is 12.4 Å². The maximum Gasteiger partial charge on any atom is 0.195 e. The molecule has 0 atom stereocenters. The predicted octanol–water partition coefficient (Wildman–Crippen LogP) is 2.09. The molecule has 0 amide bonds. The van der Waals surface area contributed by atoms with E-state index in [1.165, 1.54) is 0 Å². The van der Waals surface area contributed by atoms with E-state index in [4.69, 9.17) is 12.2 Å². The highest BCUT2D eigenvalue weighted by Gasteiger charge is 2.10. The van der Waals surface area contributed by atoms with Crippen LogP contribution in [0, 0.1) is 4.77 Å². The van der Waals surface area contributed by atoms with Crippen molar-refractivity contribution in [2.24, 2.45) is 7.05 Å². The van der Waals surface area contributed by atoms with E-state index in [1.807, 2.05) is 29.8 Å². The first kappa shape index (κ1) is 10.1. The largest absolute Gasteiger partial charge is 0.303 e. The van der Waals surface area contributed by atoms with Crippen LogP contribution in [0.3, 0.4) is 0 Å². The van der Waals surface area contributed by atoms with Crippen LogP contribution < -0.4 is 0 Å². The van der Waals surface area contributed by atoms with E-state index in [9.17, 15) is 0 Å². The first-order chi connectivity index (χ1) is 8.27. The second kappa shape index (κ2) is 3.74. The van der Waals surface area contributed by atoms with Crippen molar-refractivity contribution < 1.29 is 0 Å². The summed E-state index contributed by atoms with van der Waals surface area (Å²) in [7, 11) is 1.87. The molecular formula is C11H9N5S. The Balaban J connectivity index is 2.38. The molecule has 0 saturated carbocycles. The molecule has 1 aromatic carbocycles. The summed E-state index contributed by atoms with van der Waals surface area (Å²) in [5.41, 5.74) is 2.59.